The Morgan fingerprint density at radius 2 is 2.16 bits per heavy atom. The van der Waals surface area contributed by atoms with Crippen molar-refractivity contribution >= 4 is 62.3 Å². The molecule has 0 radical (unpaired) electrons. The molecule has 0 fully saturated rings. The highest BCUT2D eigenvalue weighted by Gasteiger charge is 2.14. The molecule has 0 aliphatic heterocycles. The first kappa shape index (κ1) is 17.9. The maximum Gasteiger partial charge on any atom is 0.234 e. The van der Waals surface area contributed by atoms with Crippen molar-refractivity contribution < 1.29 is 9.18 Å². The number of anilines is 2. The maximum atomic E-state index is 13.0. The number of rotatable bonds is 4. The molecular formula is C16H14ClFN4OS2. The van der Waals surface area contributed by atoms with Gasteiger partial charge in [0.2, 0.25) is 5.91 Å². The zero-order valence-electron chi connectivity index (χ0n) is 13.4. The van der Waals surface area contributed by atoms with Gasteiger partial charge in [-0.2, -0.15) is 0 Å². The van der Waals surface area contributed by atoms with Gasteiger partial charge in [-0.25, -0.2) is 14.4 Å². The molecule has 1 aromatic carbocycles. The molecule has 2 heterocycles. The zero-order valence-corrected chi connectivity index (χ0v) is 15.8. The van der Waals surface area contributed by atoms with E-state index in [1.165, 1.54) is 23.9 Å². The highest BCUT2D eigenvalue weighted by molar-refractivity contribution is 7.99. The fraction of sp³-hybridized carbons (Fsp3) is 0.188. The molecule has 3 rings (SSSR count). The molecule has 130 valence electrons. The number of nitrogens with two attached hydrogens (primary N) is 1. The summed E-state index contributed by atoms with van der Waals surface area (Å²) in [5.74, 6) is -0.256. The van der Waals surface area contributed by atoms with Crippen LogP contribution in [0.2, 0.25) is 5.02 Å². The van der Waals surface area contributed by atoms with Gasteiger partial charge >= 0.3 is 0 Å². The molecule has 2 aromatic heterocycles. The van der Waals surface area contributed by atoms with E-state index in [0.29, 0.717) is 16.7 Å². The smallest absolute Gasteiger partial charge is 0.234 e. The Bertz CT molecular complexity index is 976. The second kappa shape index (κ2) is 7.15. The molecule has 0 saturated heterocycles. The Balaban J connectivity index is 1.70. The molecule has 0 bridgehead atoms. The minimum atomic E-state index is -0.462. The summed E-state index contributed by atoms with van der Waals surface area (Å²) in [7, 11) is 0. The number of carbonyl (C=O) groups excluding carboxylic acids is 1. The molecule has 0 saturated carbocycles. The summed E-state index contributed by atoms with van der Waals surface area (Å²) in [6, 6.07) is 3.79. The lowest BCUT2D eigenvalue weighted by Gasteiger charge is -2.07. The number of benzene rings is 1. The van der Waals surface area contributed by atoms with Crippen LogP contribution < -0.4 is 11.1 Å². The Morgan fingerprint density at radius 1 is 1.40 bits per heavy atom. The maximum absolute atomic E-state index is 13.0. The molecule has 0 unspecified atom stereocenters. The van der Waals surface area contributed by atoms with Crippen molar-refractivity contribution in [3.8, 4) is 0 Å². The monoisotopic (exact) mass is 396 g/mol. The third kappa shape index (κ3) is 3.86. The number of aryl methyl sites for hydroxylation is 2. The Labute approximate surface area is 156 Å². The SMILES string of the molecule is Cc1sc2nc(SCC(=O)Nc3ccc(F)cc3Cl)nc(N)c2c1C. The summed E-state index contributed by atoms with van der Waals surface area (Å²) in [5.41, 5.74) is 7.46. The van der Waals surface area contributed by atoms with Crippen LogP contribution in [0, 0.1) is 19.7 Å². The number of amides is 1. The van der Waals surface area contributed by atoms with Crippen molar-refractivity contribution in [3.05, 3.63) is 39.5 Å². The summed E-state index contributed by atoms with van der Waals surface area (Å²) in [5, 5.41) is 4.08. The summed E-state index contributed by atoms with van der Waals surface area (Å²) in [6.07, 6.45) is 0. The molecule has 0 aliphatic carbocycles. The van der Waals surface area contributed by atoms with Crippen LogP contribution in [0.15, 0.2) is 23.4 Å². The lowest BCUT2D eigenvalue weighted by molar-refractivity contribution is -0.113. The highest BCUT2D eigenvalue weighted by Crippen LogP contribution is 2.33. The zero-order chi connectivity index (χ0) is 18.1. The molecule has 5 nitrogen and oxygen atoms in total. The first-order valence-electron chi connectivity index (χ1n) is 7.26. The third-order valence-corrected chi connectivity index (χ3v) is 5.83. The van der Waals surface area contributed by atoms with Crippen LogP contribution in [-0.2, 0) is 4.79 Å². The number of hydrogen-bond acceptors (Lipinski definition) is 6. The predicted molar refractivity (Wildman–Crippen MR) is 102 cm³/mol. The topological polar surface area (TPSA) is 80.9 Å². The van der Waals surface area contributed by atoms with Gasteiger partial charge in [-0.1, -0.05) is 23.4 Å². The highest BCUT2D eigenvalue weighted by atomic mass is 35.5. The van der Waals surface area contributed by atoms with Gasteiger partial charge in [0.15, 0.2) is 5.16 Å². The first-order chi connectivity index (χ1) is 11.8. The summed E-state index contributed by atoms with van der Waals surface area (Å²) in [6.45, 7) is 3.99. The lowest BCUT2D eigenvalue weighted by atomic mass is 10.2. The molecule has 9 heteroatoms. The second-order valence-corrected chi connectivity index (χ2v) is 7.87. The average Bonchev–Trinajstić information content (AvgIpc) is 2.83. The van der Waals surface area contributed by atoms with E-state index >= 15 is 0 Å². The molecule has 3 aromatic rings. The van der Waals surface area contributed by atoms with Gasteiger partial charge in [0, 0.05) is 4.88 Å². The van der Waals surface area contributed by atoms with E-state index in [-0.39, 0.29) is 16.7 Å². The standard InChI is InChI=1S/C16H14ClFN4OS2/c1-7-8(2)25-15-13(7)14(19)21-16(22-15)24-6-12(23)20-11-4-3-9(18)5-10(11)17/h3-5H,6H2,1-2H3,(H,20,23)(H2,19,21,22). The van der Waals surface area contributed by atoms with Crippen molar-refractivity contribution in [1.82, 2.24) is 9.97 Å². The summed E-state index contributed by atoms with van der Waals surface area (Å²) in [4.78, 5) is 22.7. The predicted octanol–water partition coefficient (Wildman–Crippen LogP) is 4.41. The molecule has 25 heavy (non-hydrogen) atoms. The normalized spacial score (nSPS) is 11.0. The number of carbonyl (C=O) groups is 1. The van der Waals surface area contributed by atoms with Gasteiger partial charge in [0.1, 0.15) is 16.5 Å². The quantitative estimate of drug-likeness (QED) is 0.504. The van der Waals surface area contributed by atoms with Crippen molar-refractivity contribution in [2.45, 2.75) is 19.0 Å². The van der Waals surface area contributed by atoms with E-state index in [0.717, 1.165) is 26.7 Å². The van der Waals surface area contributed by atoms with Crippen LogP contribution in [0.25, 0.3) is 10.2 Å². The fourth-order valence-electron chi connectivity index (χ4n) is 2.23. The van der Waals surface area contributed by atoms with Crippen molar-refractivity contribution in [2.24, 2.45) is 0 Å². The number of nitrogen functional groups attached to an aromatic ring is 1. The van der Waals surface area contributed by atoms with E-state index in [4.69, 9.17) is 17.3 Å². The van der Waals surface area contributed by atoms with Crippen molar-refractivity contribution in [1.29, 1.82) is 0 Å². The number of thioether (sulfide) groups is 1. The summed E-state index contributed by atoms with van der Waals surface area (Å²) < 4.78 is 13.0. The van der Waals surface area contributed by atoms with Gasteiger partial charge in [0.05, 0.1) is 21.8 Å². The third-order valence-electron chi connectivity index (χ3n) is 3.57. The molecule has 3 N–H and O–H groups in total. The van der Waals surface area contributed by atoms with Gasteiger partial charge in [-0.3, -0.25) is 4.79 Å². The Morgan fingerprint density at radius 3 is 2.88 bits per heavy atom. The van der Waals surface area contributed by atoms with Crippen molar-refractivity contribution in [2.75, 3.05) is 16.8 Å². The van der Waals surface area contributed by atoms with Crippen LogP contribution in [0.3, 0.4) is 0 Å². The number of halogens is 2. The number of aromatic nitrogens is 2. The largest absolute Gasteiger partial charge is 0.383 e. The van der Waals surface area contributed by atoms with E-state index in [2.05, 4.69) is 15.3 Å². The van der Waals surface area contributed by atoms with Crippen molar-refractivity contribution in [3.63, 3.8) is 0 Å². The number of thiophene rings is 1. The number of hydrogen-bond donors (Lipinski definition) is 2. The van der Waals surface area contributed by atoms with Gasteiger partial charge < -0.3 is 11.1 Å². The second-order valence-electron chi connectivity index (χ2n) is 5.32. The fourth-order valence-corrected chi connectivity index (χ4v) is 4.19. The van der Waals surface area contributed by atoms with Crippen LogP contribution in [-0.4, -0.2) is 21.6 Å². The lowest BCUT2D eigenvalue weighted by Crippen LogP contribution is -2.14. The van der Waals surface area contributed by atoms with Gasteiger partial charge in [0.25, 0.3) is 0 Å². The minimum Gasteiger partial charge on any atom is -0.383 e. The molecule has 1 amide bonds. The van der Waals surface area contributed by atoms with Crippen LogP contribution >= 0.6 is 34.7 Å². The molecular weight excluding hydrogens is 383 g/mol. The Kier molecular flexibility index (Phi) is 5.12. The van der Waals surface area contributed by atoms with Crippen LogP contribution in [0.1, 0.15) is 10.4 Å². The van der Waals surface area contributed by atoms with Crippen LogP contribution in [0.5, 0.6) is 0 Å². The Hall–Kier alpha value is -1.90. The number of fused-ring (bicyclic) bond motifs is 1. The van der Waals surface area contributed by atoms with E-state index in [1.807, 2.05) is 13.8 Å². The van der Waals surface area contributed by atoms with E-state index < -0.39 is 5.82 Å². The van der Waals surface area contributed by atoms with E-state index in [1.54, 1.807) is 11.3 Å². The van der Waals surface area contributed by atoms with Gasteiger partial charge in [-0.05, 0) is 37.6 Å². The molecule has 0 atom stereocenters. The van der Waals surface area contributed by atoms with Gasteiger partial charge in [-0.15, -0.1) is 11.3 Å². The van der Waals surface area contributed by atoms with Crippen LogP contribution in [0.4, 0.5) is 15.9 Å². The summed E-state index contributed by atoms with van der Waals surface area (Å²) >= 11 is 8.62. The average molecular weight is 397 g/mol. The molecule has 0 spiro atoms. The van der Waals surface area contributed by atoms with E-state index in [9.17, 15) is 9.18 Å². The minimum absolute atomic E-state index is 0.0853. The number of nitrogens with zero attached hydrogens (tertiary/aromatic N) is 2. The molecule has 0 aliphatic rings. The number of nitrogens with one attached hydrogen (secondary N) is 1. The first-order valence-corrected chi connectivity index (χ1v) is 9.44.